The van der Waals surface area contributed by atoms with Crippen LogP contribution >= 0.6 is 15.9 Å². The summed E-state index contributed by atoms with van der Waals surface area (Å²) in [6.45, 7) is 1.30. The summed E-state index contributed by atoms with van der Waals surface area (Å²) in [5.74, 6) is 1.04. The molecule has 8 nitrogen and oxygen atoms in total. The lowest BCUT2D eigenvalue weighted by Gasteiger charge is -2.31. The van der Waals surface area contributed by atoms with Crippen LogP contribution in [0.1, 0.15) is 11.9 Å². The van der Waals surface area contributed by atoms with Crippen LogP contribution in [0.2, 0.25) is 0 Å². The molecule has 3 rings (SSSR count). The van der Waals surface area contributed by atoms with E-state index in [1.165, 1.54) is 7.11 Å². The Kier molecular flexibility index (Phi) is 3.68. The van der Waals surface area contributed by atoms with Crippen LogP contribution in [0.4, 0.5) is 10.6 Å². The minimum Gasteiger partial charge on any atom is -0.453 e. The highest BCUT2D eigenvalue weighted by molar-refractivity contribution is 9.10. The maximum Gasteiger partial charge on any atom is 0.409 e. The second kappa shape index (κ2) is 5.49. The molecule has 0 saturated carbocycles. The van der Waals surface area contributed by atoms with Crippen LogP contribution in [-0.2, 0) is 9.47 Å². The van der Waals surface area contributed by atoms with Gasteiger partial charge in [-0.15, -0.1) is 0 Å². The number of halogens is 1. The first-order valence-corrected chi connectivity index (χ1v) is 7.13. The molecule has 1 saturated heterocycles. The first-order valence-electron chi connectivity index (χ1n) is 6.34. The molecule has 9 heteroatoms. The molecule has 1 aliphatic heterocycles. The third-order valence-electron chi connectivity index (χ3n) is 3.36. The quantitative estimate of drug-likeness (QED) is 0.826. The smallest absolute Gasteiger partial charge is 0.409 e. The molecule has 0 aromatic carbocycles. The zero-order chi connectivity index (χ0) is 15.0. The van der Waals surface area contributed by atoms with Gasteiger partial charge in [0, 0.05) is 18.9 Å². The van der Waals surface area contributed by atoms with Crippen molar-refractivity contribution < 1.29 is 14.3 Å². The van der Waals surface area contributed by atoms with E-state index in [0.29, 0.717) is 41.5 Å². The normalized spacial score (nSPS) is 19.0. The van der Waals surface area contributed by atoms with Gasteiger partial charge in [0.05, 0.1) is 20.3 Å². The number of nitrogens with zero attached hydrogens (tertiary/aromatic N) is 4. The Hall–Kier alpha value is -1.87. The average molecular weight is 356 g/mol. The van der Waals surface area contributed by atoms with Crippen molar-refractivity contribution in [2.24, 2.45) is 0 Å². The second-order valence-corrected chi connectivity index (χ2v) is 5.32. The summed E-state index contributed by atoms with van der Waals surface area (Å²) in [5.41, 5.74) is 6.56. The van der Waals surface area contributed by atoms with Gasteiger partial charge in [0.2, 0.25) is 0 Å². The Labute approximate surface area is 129 Å². The molecule has 21 heavy (non-hydrogen) atoms. The Morgan fingerprint density at radius 3 is 3.19 bits per heavy atom. The lowest BCUT2D eigenvalue weighted by atomic mass is 10.2. The average Bonchev–Trinajstić information content (AvgIpc) is 2.85. The second-order valence-electron chi connectivity index (χ2n) is 4.57. The summed E-state index contributed by atoms with van der Waals surface area (Å²) in [6, 6.07) is 0. The standard InChI is InChI=1S/C12H14BrN5O3/c1-20-12(19)17-4-5-21-7(6-17)11-16-9(13)8-10(14)15-2-3-18(8)11/h2-3,7H,4-6H2,1H3,(H2,14,15). The molecule has 1 atom stereocenters. The van der Waals surface area contributed by atoms with Crippen LogP contribution in [-0.4, -0.2) is 52.2 Å². The first-order chi connectivity index (χ1) is 10.1. The number of amides is 1. The largest absolute Gasteiger partial charge is 0.453 e. The Balaban J connectivity index is 1.97. The van der Waals surface area contributed by atoms with Gasteiger partial charge >= 0.3 is 6.09 Å². The summed E-state index contributed by atoms with van der Waals surface area (Å²) in [5, 5.41) is 0. The molecule has 0 radical (unpaired) electrons. The lowest BCUT2D eigenvalue weighted by molar-refractivity contribution is -0.0301. The number of morpholine rings is 1. The summed E-state index contributed by atoms with van der Waals surface area (Å²) < 4.78 is 12.9. The number of fused-ring (bicyclic) bond motifs is 1. The van der Waals surface area contributed by atoms with Crippen LogP contribution in [0, 0.1) is 0 Å². The molecule has 2 N–H and O–H groups in total. The van der Waals surface area contributed by atoms with E-state index in [-0.39, 0.29) is 12.2 Å². The number of hydrogen-bond acceptors (Lipinski definition) is 6. The van der Waals surface area contributed by atoms with E-state index in [1.807, 2.05) is 4.40 Å². The number of ether oxygens (including phenoxy) is 2. The summed E-state index contributed by atoms with van der Waals surface area (Å²) in [7, 11) is 1.36. The molecular weight excluding hydrogens is 342 g/mol. The third-order valence-corrected chi connectivity index (χ3v) is 3.91. The number of carbonyl (C=O) groups excluding carboxylic acids is 1. The topological polar surface area (TPSA) is 95.0 Å². The minimum atomic E-state index is -0.371. The molecule has 1 fully saturated rings. The fraction of sp³-hybridized carbons (Fsp3) is 0.417. The summed E-state index contributed by atoms with van der Waals surface area (Å²) in [4.78, 5) is 21.7. The highest BCUT2D eigenvalue weighted by Gasteiger charge is 2.29. The molecule has 0 aliphatic carbocycles. The molecule has 2 aromatic rings. The van der Waals surface area contributed by atoms with Gasteiger partial charge in [-0.05, 0) is 15.9 Å². The third kappa shape index (κ3) is 2.42. The van der Waals surface area contributed by atoms with E-state index in [2.05, 4.69) is 25.9 Å². The van der Waals surface area contributed by atoms with Gasteiger partial charge in [-0.3, -0.25) is 4.40 Å². The maximum absolute atomic E-state index is 11.6. The summed E-state index contributed by atoms with van der Waals surface area (Å²) >= 11 is 3.38. The SMILES string of the molecule is COC(=O)N1CCOC(c2nc(Br)c3c(N)nccn23)C1. The Morgan fingerprint density at radius 1 is 1.62 bits per heavy atom. The van der Waals surface area contributed by atoms with Crippen molar-refractivity contribution in [1.82, 2.24) is 19.3 Å². The van der Waals surface area contributed by atoms with E-state index in [9.17, 15) is 4.79 Å². The summed E-state index contributed by atoms with van der Waals surface area (Å²) in [6.07, 6.45) is 2.64. The molecule has 3 heterocycles. The minimum absolute atomic E-state index is 0.349. The number of rotatable bonds is 1. The highest BCUT2D eigenvalue weighted by atomic mass is 79.9. The number of nitrogens with two attached hydrogens (primary N) is 1. The van der Waals surface area contributed by atoms with Crippen molar-refractivity contribution >= 4 is 33.4 Å². The Bertz CT molecular complexity index is 689. The number of imidazole rings is 1. The maximum atomic E-state index is 11.6. The number of hydrogen-bond donors (Lipinski definition) is 1. The van der Waals surface area contributed by atoms with Crippen molar-refractivity contribution in [2.45, 2.75) is 6.10 Å². The number of anilines is 1. The van der Waals surface area contributed by atoms with Gasteiger partial charge in [0.1, 0.15) is 22.0 Å². The van der Waals surface area contributed by atoms with E-state index in [1.54, 1.807) is 17.3 Å². The van der Waals surface area contributed by atoms with Crippen LogP contribution in [0.25, 0.3) is 5.52 Å². The predicted octanol–water partition coefficient (Wildman–Crippen LogP) is 1.21. The molecule has 112 valence electrons. The van der Waals surface area contributed by atoms with Gasteiger partial charge in [0.15, 0.2) is 5.82 Å². The number of nitrogen functional groups attached to an aromatic ring is 1. The zero-order valence-corrected chi connectivity index (χ0v) is 12.9. The van der Waals surface area contributed by atoms with Gasteiger partial charge in [-0.25, -0.2) is 14.8 Å². The monoisotopic (exact) mass is 355 g/mol. The fourth-order valence-corrected chi connectivity index (χ4v) is 2.95. The van der Waals surface area contributed by atoms with Gasteiger partial charge < -0.3 is 20.1 Å². The Morgan fingerprint density at radius 2 is 2.43 bits per heavy atom. The van der Waals surface area contributed by atoms with Gasteiger partial charge in [-0.1, -0.05) is 0 Å². The molecule has 0 bridgehead atoms. The first kappa shape index (κ1) is 14.1. The van der Waals surface area contributed by atoms with Gasteiger partial charge in [-0.2, -0.15) is 0 Å². The molecule has 1 amide bonds. The number of aromatic nitrogens is 3. The van der Waals surface area contributed by atoms with Crippen molar-refractivity contribution in [3.63, 3.8) is 0 Å². The predicted molar refractivity (Wildman–Crippen MR) is 77.8 cm³/mol. The zero-order valence-electron chi connectivity index (χ0n) is 11.3. The number of carbonyl (C=O) groups is 1. The lowest BCUT2D eigenvalue weighted by Crippen LogP contribution is -2.42. The number of methoxy groups -OCH3 is 1. The van der Waals surface area contributed by atoms with Crippen molar-refractivity contribution in [3.05, 3.63) is 22.8 Å². The van der Waals surface area contributed by atoms with Crippen LogP contribution < -0.4 is 5.73 Å². The van der Waals surface area contributed by atoms with Gasteiger partial charge in [0.25, 0.3) is 0 Å². The van der Waals surface area contributed by atoms with Crippen molar-refractivity contribution in [3.8, 4) is 0 Å². The van der Waals surface area contributed by atoms with E-state index in [4.69, 9.17) is 15.2 Å². The van der Waals surface area contributed by atoms with Crippen molar-refractivity contribution in [1.29, 1.82) is 0 Å². The van der Waals surface area contributed by atoms with Crippen molar-refractivity contribution in [2.75, 3.05) is 32.5 Å². The fourth-order valence-electron chi connectivity index (χ4n) is 2.37. The van der Waals surface area contributed by atoms with Crippen LogP contribution in [0.3, 0.4) is 0 Å². The van der Waals surface area contributed by atoms with E-state index < -0.39 is 0 Å². The molecule has 2 aromatic heterocycles. The molecule has 0 spiro atoms. The molecule has 1 aliphatic rings. The van der Waals surface area contributed by atoms with E-state index >= 15 is 0 Å². The van der Waals surface area contributed by atoms with Crippen LogP contribution in [0.5, 0.6) is 0 Å². The molecular formula is C12H14BrN5O3. The van der Waals surface area contributed by atoms with Crippen LogP contribution in [0.15, 0.2) is 17.0 Å². The highest BCUT2D eigenvalue weighted by Crippen LogP contribution is 2.29. The van der Waals surface area contributed by atoms with E-state index in [0.717, 1.165) is 0 Å². The molecule has 1 unspecified atom stereocenters.